The fraction of sp³-hybridized carbons (Fsp3) is 0.533. The number of carbonyl (C=O) groups is 2. The van der Waals surface area contributed by atoms with Gasteiger partial charge in [-0.2, -0.15) is 0 Å². The zero-order valence-corrected chi connectivity index (χ0v) is 26.3. The molecule has 1 saturated heterocycles. The van der Waals surface area contributed by atoms with Crippen LogP contribution in [0.5, 0.6) is 0 Å². The highest BCUT2D eigenvalue weighted by Crippen LogP contribution is 2.22. The molecule has 2 N–H and O–H groups in total. The summed E-state index contributed by atoms with van der Waals surface area (Å²) < 4.78 is 23.4. The van der Waals surface area contributed by atoms with E-state index in [0.717, 1.165) is 59.1 Å². The molecule has 1 aliphatic heterocycles. The second kappa shape index (κ2) is 20.7. The van der Waals surface area contributed by atoms with Crippen LogP contribution < -0.4 is 10.6 Å². The highest BCUT2D eigenvalue weighted by atomic mass is 32.2. The first-order valence-corrected chi connectivity index (χ1v) is 16.2. The SMILES string of the molecule is CC(=O)Nc1ccc(SCN2CCOCCOCCN(CSc3ccc(NC(C)=O)cc3)CCOCCOCC2)cc1. The standard InChI is InChI=1S/C30H44N4O6S2/c1-25(35)31-27-3-7-29(8-4-27)41-23-33-11-15-37-19-21-39-17-13-34(14-18-40-22-20-38-16-12-33)24-42-30-9-5-28(6-10-30)32-26(2)36/h3-10H,11-24H2,1-2H3,(H,31,35)(H,32,36). The van der Waals surface area contributed by atoms with Crippen LogP contribution in [-0.4, -0.2) is 112 Å². The van der Waals surface area contributed by atoms with Gasteiger partial charge in [0, 0.05) is 72.9 Å². The first kappa shape index (κ1) is 34.3. The number of carbonyl (C=O) groups excluding carboxylic acids is 2. The van der Waals surface area contributed by atoms with Crippen LogP contribution >= 0.6 is 23.5 Å². The van der Waals surface area contributed by atoms with E-state index in [1.165, 1.54) is 13.8 Å². The smallest absolute Gasteiger partial charge is 0.221 e. The molecule has 12 heteroatoms. The molecule has 0 aliphatic carbocycles. The number of benzene rings is 2. The fourth-order valence-corrected chi connectivity index (χ4v) is 5.74. The minimum atomic E-state index is -0.0738. The van der Waals surface area contributed by atoms with E-state index in [9.17, 15) is 9.59 Å². The highest BCUT2D eigenvalue weighted by Gasteiger charge is 2.09. The van der Waals surface area contributed by atoms with Gasteiger partial charge in [0.1, 0.15) is 0 Å². The Balaban J connectivity index is 1.39. The number of nitrogens with zero attached hydrogens (tertiary/aromatic N) is 2. The van der Waals surface area contributed by atoms with Crippen molar-refractivity contribution in [1.29, 1.82) is 0 Å². The van der Waals surface area contributed by atoms with E-state index in [2.05, 4.69) is 20.4 Å². The Morgan fingerprint density at radius 1 is 0.571 bits per heavy atom. The number of anilines is 2. The van der Waals surface area contributed by atoms with Crippen molar-refractivity contribution in [3.8, 4) is 0 Å². The minimum Gasteiger partial charge on any atom is -0.378 e. The Hall–Kier alpha value is -2.16. The average molecular weight is 621 g/mol. The van der Waals surface area contributed by atoms with Gasteiger partial charge >= 0.3 is 0 Å². The van der Waals surface area contributed by atoms with Crippen LogP contribution in [0.25, 0.3) is 0 Å². The van der Waals surface area contributed by atoms with Crippen molar-refractivity contribution < 1.29 is 28.5 Å². The lowest BCUT2D eigenvalue weighted by Gasteiger charge is -2.23. The third-order valence-electron chi connectivity index (χ3n) is 6.13. The minimum absolute atomic E-state index is 0.0738. The number of hydrogen-bond donors (Lipinski definition) is 2. The molecule has 0 saturated carbocycles. The molecule has 1 heterocycles. The quantitative estimate of drug-likeness (QED) is 0.420. The largest absolute Gasteiger partial charge is 0.378 e. The van der Waals surface area contributed by atoms with E-state index >= 15 is 0 Å². The normalized spacial score (nSPS) is 17.6. The first-order chi connectivity index (χ1) is 20.5. The summed E-state index contributed by atoms with van der Waals surface area (Å²) in [5, 5.41) is 5.59. The average Bonchev–Trinajstić information content (AvgIpc) is 2.96. The van der Waals surface area contributed by atoms with E-state index in [1.54, 1.807) is 23.5 Å². The van der Waals surface area contributed by atoms with Crippen LogP contribution in [0.4, 0.5) is 11.4 Å². The molecule has 42 heavy (non-hydrogen) atoms. The van der Waals surface area contributed by atoms with E-state index < -0.39 is 0 Å². The van der Waals surface area contributed by atoms with Crippen LogP contribution in [-0.2, 0) is 28.5 Å². The Morgan fingerprint density at radius 3 is 1.17 bits per heavy atom. The molecule has 2 aromatic carbocycles. The van der Waals surface area contributed by atoms with Crippen LogP contribution in [0.3, 0.4) is 0 Å². The predicted molar refractivity (Wildman–Crippen MR) is 169 cm³/mol. The van der Waals surface area contributed by atoms with Gasteiger partial charge < -0.3 is 29.6 Å². The maximum Gasteiger partial charge on any atom is 0.221 e. The predicted octanol–water partition coefficient (Wildman–Crippen LogP) is 4.09. The first-order valence-electron chi connectivity index (χ1n) is 14.2. The summed E-state index contributed by atoms with van der Waals surface area (Å²) in [4.78, 5) is 29.4. The Labute approximate surface area is 258 Å². The molecule has 0 unspecified atom stereocenters. The molecule has 0 bridgehead atoms. The van der Waals surface area contributed by atoms with Crippen molar-refractivity contribution in [3.05, 3.63) is 48.5 Å². The number of nitrogens with one attached hydrogen (secondary N) is 2. The summed E-state index contributed by atoms with van der Waals surface area (Å²) in [6, 6.07) is 15.8. The van der Waals surface area contributed by atoms with Gasteiger partial charge in [0.25, 0.3) is 0 Å². The van der Waals surface area contributed by atoms with Gasteiger partial charge in [-0.05, 0) is 48.5 Å². The Morgan fingerprint density at radius 2 is 0.881 bits per heavy atom. The van der Waals surface area contributed by atoms with E-state index in [1.807, 2.05) is 48.5 Å². The third kappa shape index (κ3) is 15.4. The number of rotatable bonds is 8. The van der Waals surface area contributed by atoms with Crippen molar-refractivity contribution in [2.45, 2.75) is 23.6 Å². The summed E-state index contributed by atoms with van der Waals surface area (Å²) in [5.41, 5.74) is 1.60. The summed E-state index contributed by atoms with van der Waals surface area (Å²) in [5.74, 6) is 1.48. The molecular weight excluding hydrogens is 576 g/mol. The topological polar surface area (TPSA) is 102 Å². The fourth-order valence-electron chi connectivity index (χ4n) is 3.91. The molecular formula is C30H44N4O6S2. The van der Waals surface area contributed by atoms with Gasteiger partial charge in [-0.1, -0.05) is 0 Å². The number of thioether (sulfide) groups is 2. The van der Waals surface area contributed by atoms with E-state index in [0.29, 0.717) is 52.9 Å². The molecule has 0 radical (unpaired) electrons. The third-order valence-corrected chi connectivity index (χ3v) is 8.33. The molecule has 3 rings (SSSR count). The molecule has 2 aromatic rings. The number of hydrogen-bond acceptors (Lipinski definition) is 10. The Bertz CT molecular complexity index is 942. The van der Waals surface area contributed by atoms with Gasteiger partial charge in [0.05, 0.1) is 52.9 Å². The molecule has 232 valence electrons. The van der Waals surface area contributed by atoms with Crippen LogP contribution in [0.15, 0.2) is 58.3 Å². The molecule has 1 fully saturated rings. The second-order valence-electron chi connectivity index (χ2n) is 9.64. The molecule has 2 amide bonds. The van der Waals surface area contributed by atoms with E-state index in [-0.39, 0.29) is 11.8 Å². The maximum atomic E-state index is 11.2. The van der Waals surface area contributed by atoms with Crippen molar-refractivity contribution in [2.75, 3.05) is 101 Å². The zero-order valence-electron chi connectivity index (χ0n) is 24.7. The van der Waals surface area contributed by atoms with Gasteiger partial charge in [-0.3, -0.25) is 19.4 Å². The molecule has 1 aliphatic rings. The number of ether oxygens (including phenoxy) is 4. The molecule has 10 nitrogen and oxygen atoms in total. The molecule has 0 aromatic heterocycles. The van der Waals surface area contributed by atoms with Crippen molar-refractivity contribution in [3.63, 3.8) is 0 Å². The highest BCUT2D eigenvalue weighted by molar-refractivity contribution is 7.99. The van der Waals surface area contributed by atoms with Crippen molar-refractivity contribution in [2.24, 2.45) is 0 Å². The maximum absolute atomic E-state index is 11.2. The summed E-state index contributed by atoms with van der Waals surface area (Å²) in [6.07, 6.45) is 0. The van der Waals surface area contributed by atoms with Gasteiger partial charge in [0.15, 0.2) is 0 Å². The lowest BCUT2D eigenvalue weighted by atomic mass is 10.3. The molecule has 0 atom stereocenters. The van der Waals surface area contributed by atoms with Crippen molar-refractivity contribution in [1.82, 2.24) is 9.80 Å². The van der Waals surface area contributed by atoms with E-state index in [4.69, 9.17) is 18.9 Å². The van der Waals surface area contributed by atoms with Crippen LogP contribution in [0, 0.1) is 0 Å². The Kier molecular flexibility index (Phi) is 16.9. The second-order valence-corrected chi connectivity index (χ2v) is 11.7. The zero-order chi connectivity index (χ0) is 29.8. The van der Waals surface area contributed by atoms with Gasteiger partial charge in [-0.15, -0.1) is 23.5 Å². The monoisotopic (exact) mass is 620 g/mol. The number of amides is 2. The van der Waals surface area contributed by atoms with Crippen LogP contribution in [0.2, 0.25) is 0 Å². The summed E-state index contributed by atoms with van der Waals surface area (Å²) in [6.45, 7) is 10.9. The van der Waals surface area contributed by atoms with Gasteiger partial charge in [-0.25, -0.2) is 0 Å². The van der Waals surface area contributed by atoms with Crippen molar-refractivity contribution >= 4 is 46.7 Å². The summed E-state index contributed by atoms with van der Waals surface area (Å²) >= 11 is 3.49. The lowest BCUT2D eigenvalue weighted by Crippen LogP contribution is -2.33. The lowest BCUT2D eigenvalue weighted by molar-refractivity contribution is -0.115. The molecule has 0 spiro atoms. The van der Waals surface area contributed by atoms with Crippen LogP contribution in [0.1, 0.15) is 13.8 Å². The van der Waals surface area contributed by atoms with Gasteiger partial charge in [0.2, 0.25) is 11.8 Å². The summed E-state index contributed by atoms with van der Waals surface area (Å²) in [7, 11) is 0.